The summed E-state index contributed by atoms with van der Waals surface area (Å²) in [7, 11) is 1.69. The van der Waals surface area contributed by atoms with E-state index >= 15 is 0 Å². The van der Waals surface area contributed by atoms with Crippen LogP contribution < -0.4 is 15.8 Å². The Kier molecular flexibility index (Phi) is 4.55. The molecule has 4 rings (SSSR count). The molecule has 1 aromatic carbocycles. The predicted molar refractivity (Wildman–Crippen MR) is 102 cm³/mol. The summed E-state index contributed by atoms with van der Waals surface area (Å²) in [5.41, 5.74) is 1.65. The van der Waals surface area contributed by atoms with Crippen molar-refractivity contribution in [1.29, 1.82) is 0 Å². The second-order valence-corrected chi connectivity index (χ2v) is 7.21. The van der Waals surface area contributed by atoms with Crippen LogP contribution in [0.25, 0.3) is 10.9 Å². The maximum absolute atomic E-state index is 12.7. The Balaban J connectivity index is 1.42. The van der Waals surface area contributed by atoms with Gasteiger partial charge in [-0.05, 0) is 24.6 Å². The summed E-state index contributed by atoms with van der Waals surface area (Å²) in [4.78, 5) is 44.5. The summed E-state index contributed by atoms with van der Waals surface area (Å²) < 4.78 is 1.47. The number of piperidine rings is 1. The predicted octanol–water partition coefficient (Wildman–Crippen LogP) is 0.108. The van der Waals surface area contributed by atoms with E-state index in [2.05, 4.69) is 15.2 Å². The molecular weight excluding hydrogens is 346 g/mol. The lowest BCUT2D eigenvalue weighted by Crippen LogP contribution is -2.52. The van der Waals surface area contributed by atoms with Gasteiger partial charge in [-0.25, -0.2) is 4.98 Å². The zero-order valence-corrected chi connectivity index (χ0v) is 15.4. The summed E-state index contributed by atoms with van der Waals surface area (Å²) in [6.07, 6.45) is 2.60. The fraction of sp³-hybridized carbons (Fsp3) is 0.474. The minimum absolute atomic E-state index is 0.0311. The molecule has 2 aliphatic heterocycles. The van der Waals surface area contributed by atoms with Crippen LogP contribution >= 0.6 is 0 Å². The number of amides is 2. The van der Waals surface area contributed by atoms with Crippen LogP contribution in [0.15, 0.2) is 29.3 Å². The Morgan fingerprint density at radius 1 is 1.19 bits per heavy atom. The molecule has 1 unspecified atom stereocenters. The number of aryl methyl sites for hydroxylation is 1. The van der Waals surface area contributed by atoms with E-state index in [0.29, 0.717) is 43.4 Å². The zero-order valence-electron chi connectivity index (χ0n) is 15.4. The van der Waals surface area contributed by atoms with Gasteiger partial charge in [0.1, 0.15) is 0 Å². The van der Waals surface area contributed by atoms with E-state index in [-0.39, 0.29) is 23.3 Å². The number of nitrogens with zero attached hydrogens (tertiary/aromatic N) is 4. The number of carbonyl (C=O) groups excluding carboxylic acids is 2. The monoisotopic (exact) mass is 369 g/mol. The molecule has 0 aliphatic carbocycles. The normalized spacial score (nSPS) is 20.6. The van der Waals surface area contributed by atoms with Crippen molar-refractivity contribution in [2.75, 3.05) is 37.6 Å². The molecule has 0 radical (unpaired) electrons. The molecule has 8 nitrogen and oxygen atoms in total. The fourth-order valence-corrected chi connectivity index (χ4v) is 3.78. The number of hydrogen-bond acceptors (Lipinski definition) is 5. The number of hydrogen-bond donors (Lipinski definition) is 1. The summed E-state index contributed by atoms with van der Waals surface area (Å²) in [5, 5.41) is 3.39. The summed E-state index contributed by atoms with van der Waals surface area (Å²) in [6, 6.07) is 5.70. The van der Waals surface area contributed by atoms with Crippen molar-refractivity contribution < 1.29 is 9.59 Å². The highest BCUT2D eigenvalue weighted by Crippen LogP contribution is 2.22. The van der Waals surface area contributed by atoms with Crippen LogP contribution in [-0.4, -0.2) is 59.0 Å². The van der Waals surface area contributed by atoms with Crippen molar-refractivity contribution in [3.63, 3.8) is 0 Å². The van der Waals surface area contributed by atoms with Crippen molar-refractivity contribution in [2.45, 2.75) is 12.8 Å². The Hall–Kier alpha value is -2.90. The van der Waals surface area contributed by atoms with Crippen molar-refractivity contribution in [1.82, 2.24) is 19.8 Å². The first-order chi connectivity index (χ1) is 13.0. The van der Waals surface area contributed by atoms with Gasteiger partial charge in [0.05, 0.1) is 23.1 Å². The average molecular weight is 369 g/mol. The Labute approximate surface area is 156 Å². The second-order valence-electron chi connectivity index (χ2n) is 7.21. The quantitative estimate of drug-likeness (QED) is 0.812. The molecule has 142 valence electrons. The Bertz CT molecular complexity index is 936. The summed E-state index contributed by atoms with van der Waals surface area (Å²) in [5.74, 6) is 0.0669. The molecule has 2 amide bonds. The number of fused-ring (bicyclic) bond motifs is 1. The number of piperazine rings is 1. The Morgan fingerprint density at radius 3 is 2.67 bits per heavy atom. The minimum Gasteiger partial charge on any atom is -0.368 e. The van der Waals surface area contributed by atoms with E-state index in [4.69, 9.17) is 0 Å². The number of aromatic nitrogens is 2. The van der Waals surface area contributed by atoms with E-state index in [1.165, 1.54) is 10.9 Å². The van der Waals surface area contributed by atoms with Crippen molar-refractivity contribution in [3.8, 4) is 0 Å². The SMILES string of the molecule is Cn1cnc2cc(N3CCN(C(=O)C4CCC(=O)NC4)CC3)ccc2c1=O. The van der Waals surface area contributed by atoms with Gasteiger partial charge in [-0.3, -0.25) is 14.4 Å². The molecule has 3 heterocycles. The lowest BCUT2D eigenvalue weighted by Gasteiger charge is -2.38. The van der Waals surface area contributed by atoms with E-state index in [9.17, 15) is 14.4 Å². The van der Waals surface area contributed by atoms with Crippen LogP contribution in [-0.2, 0) is 16.6 Å². The van der Waals surface area contributed by atoms with Crippen molar-refractivity contribution in [2.24, 2.45) is 13.0 Å². The standard InChI is InChI=1S/C19H23N5O3/c1-22-12-21-16-10-14(3-4-15(16)19(22)27)23-6-8-24(9-7-23)18(26)13-2-5-17(25)20-11-13/h3-4,10,12-13H,2,5-9,11H2,1H3,(H,20,25). The first kappa shape index (κ1) is 17.5. The lowest BCUT2D eigenvalue weighted by molar-refractivity contribution is -0.137. The van der Waals surface area contributed by atoms with Crippen LogP contribution in [0, 0.1) is 5.92 Å². The van der Waals surface area contributed by atoms with E-state index in [1.54, 1.807) is 7.05 Å². The molecule has 0 spiro atoms. The second kappa shape index (κ2) is 7.02. The topological polar surface area (TPSA) is 87.5 Å². The van der Waals surface area contributed by atoms with Crippen molar-refractivity contribution >= 4 is 28.4 Å². The molecule has 1 N–H and O–H groups in total. The van der Waals surface area contributed by atoms with Crippen LogP contribution in [0.2, 0.25) is 0 Å². The number of benzene rings is 1. The highest BCUT2D eigenvalue weighted by Gasteiger charge is 2.30. The van der Waals surface area contributed by atoms with Gasteiger partial charge in [-0.1, -0.05) is 0 Å². The summed E-state index contributed by atoms with van der Waals surface area (Å²) >= 11 is 0. The van der Waals surface area contributed by atoms with Gasteiger partial charge in [0.2, 0.25) is 11.8 Å². The molecule has 2 aromatic rings. The first-order valence-corrected chi connectivity index (χ1v) is 9.29. The van der Waals surface area contributed by atoms with Gasteiger partial charge in [-0.15, -0.1) is 0 Å². The number of rotatable bonds is 2. The van der Waals surface area contributed by atoms with E-state index in [0.717, 1.165) is 18.8 Å². The maximum atomic E-state index is 12.7. The molecular formula is C19H23N5O3. The zero-order chi connectivity index (χ0) is 19.0. The summed E-state index contributed by atoms with van der Waals surface area (Å²) in [6.45, 7) is 3.24. The third kappa shape index (κ3) is 3.39. The third-order valence-electron chi connectivity index (χ3n) is 5.47. The van der Waals surface area contributed by atoms with Gasteiger partial charge in [0, 0.05) is 51.9 Å². The molecule has 1 aromatic heterocycles. The molecule has 2 saturated heterocycles. The first-order valence-electron chi connectivity index (χ1n) is 9.29. The van der Waals surface area contributed by atoms with Gasteiger partial charge >= 0.3 is 0 Å². The molecule has 1 atom stereocenters. The number of nitrogens with one attached hydrogen (secondary N) is 1. The van der Waals surface area contributed by atoms with Crippen LogP contribution in [0.1, 0.15) is 12.8 Å². The van der Waals surface area contributed by atoms with Gasteiger partial charge < -0.3 is 19.7 Å². The maximum Gasteiger partial charge on any atom is 0.260 e. The third-order valence-corrected chi connectivity index (χ3v) is 5.47. The average Bonchev–Trinajstić information content (AvgIpc) is 2.71. The Morgan fingerprint density at radius 2 is 1.96 bits per heavy atom. The molecule has 27 heavy (non-hydrogen) atoms. The van der Waals surface area contributed by atoms with E-state index in [1.807, 2.05) is 23.1 Å². The number of carbonyl (C=O) groups is 2. The van der Waals surface area contributed by atoms with E-state index < -0.39 is 0 Å². The van der Waals surface area contributed by atoms with Gasteiger partial charge in [-0.2, -0.15) is 0 Å². The van der Waals surface area contributed by atoms with Crippen LogP contribution in [0.5, 0.6) is 0 Å². The molecule has 0 bridgehead atoms. The highest BCUT2D eigenvalue weighted by molar-refractivity contribution is 5.84. The van der Waals surface area contributed by atoms with Gasteiger partial charge in [0.25, 0.3) is 5.56 Å². The van der Waals surface area contributed by atoms with Crippen LogP contribution in [0.4, 0.5) is 5.69 Å². The lowest BCUT2D eigenvalue weighted by atomic mass is 9.97. The smallest absolute Gasteiger partial charge is 0.260 e. The molecule has 2 aliphatic rings. The molecule has 2 fully saturated rings. The van der Waals surface area contributed by atoms with Crippen molar-refractivity contribution in [3.05, 3.63) is 34.9 Å². The number of anilines is 1. The highest BCUT2D eigenvalue weighted by atomic mass is 16.2. The van der Waals surface area contributed by atoms with Crippen LogP contribution in [0.3, 0.4) is 0 Å². The minimum atomic E-state index is -0.102. The largest absolute Gasteiger partial charge is 0.368 e. The molecule has 0 saturated carbocycles. The fourth-order valence-electron chi connectivity index (χ4n) is 3.78. The molecule has 8 heteroatoms. The van der Waals surface area contributed by atoms with Gasteiger partial charge in [0.15, 0.2) is 0 Å².